The zero-order valence-electron chi connectivity index (χ0n) is 10.4. The van der Waals surface area contributed by atoms with Crippen molar-refractivity contribution >= 4 is 39.3 Å². The number of halogens is 1. The lowest BCUT2D eigenvalue weighted by atomic mass is 10.2. The summed E-state index contributed by atoms with van der Waals surface area (Å²) >= 11 is 5.02. The Morgan fingerprint density at radius 3 is 2.94 bits per heavy atom. The molecule has 0 heterocycles. The number of nitrogens with two attached hydrogens (primary N) is 1. The Labute approximate surface area is 120 Å². The highest BCUT2D eigenvalue weighted by Crippen LogP contribution is 2.27. The average Bonchev–Trinajstić information content (AvgIpc) is 2.36. The van der Waals surface area contributed by atoms with Crippen molar-refractivity contribution in [2.75, 3.05) is 24.4 Å². The van der Waals surface area contributed by atoms with E-state index in [1.807, 2.05) is 12.3 Å². The van der Waals surface area contributed by atoms with Crippen LogP contribution in [0, 0.1) is 0 Å². The lowest BCUT2D eigenvalue weighted by molar-refractivity contribution is -0.117. The number of carbonyl (C=O) groups excluding carboxylic acids is 1. The molecule has 0 saturated carbocycles. The van der Waals surface area contributed by atoms with Crippen LogP contribution in [0.2, 0.25) is 0 Å². The van der Waals surface area contributed by atoms with Gasteiger partial charge in [-0.05, 0) is 36.6 Å². The van der Waals surface area contributed by atoms with Crippen molar-refractivity contribution in [2.24, 2.45) is 5.73 Å². The van der Waals surface area contributed by atoms with Crippen molar-refractivity contribution in [3.8, 4) is 5.75 Å². The maximum atomic E-state index is 11.9. The van der Waals surface area contributed by atoms with Crippen molar-refractivity contribution < 1.29 is 9.53 Å². The van der Waals surface area contributed by atoms with Crippen LogP contribution in [0.3, 0.4) is 0 Å². The normalized spacial score (nSPS) is 12.0. The Balaban J connectivity index is 2.71. The molecule has 18 heavy (non-hydrogen) atoms. The van der Waals surface area contributed by atoms with Gasteiger partial charge in [-0.15, -0.1) is 0 Å². The van der Waals surface area contributed by atoms with E-state index in [4.69, 9.17) is 10.5 Å². The van der Waals surface area contributed by atoms with Crippen LogP contribution in [-0.4, -0.2) is 31.1 Å². The van der Waals surface area contributed by atoms with E-state index in [0.29, 0.717) is 17.9 Å². The van der Waals surface area contributed by atoms with Crippen LogP contribution < -0.4 is 15.8 Å². The lowest BCUT2D eigenvalue weighted by Gasteiger charge is -2.14. The molecule has 4 nitrogen and oxygen atoms in total. The summed E-state index contributed by atoms with van der Waals surface area (Å²) in [6.07, 6.45) is 2.64. The summed E-state index contributed by atoms with van der Waals surface area (Å²) in [5.41, 5.74) is 6.42. The van der Waals surface area contributed by atoms with Crippen LogP contribution in [0.1, 0.15) is 6.42 Å². The SMILES string of the molecule is COc1ccc(Br)cc1NC(=O)[C@H](N)CCSC. The molecule has 0 spiro atoms. The Kier molecular flexibility index (Phi) is 6.52. The number of rotatable bonds is 6. The molecule has 0 unspecified atom stereocenters. The first kappa shape index (κ1) is 15.3. The largest absolute Gasteiger partial charge is 0.495 e. The highest BCUT2D eigenvalue weighted by atomic mass is 79.9. The Morgan fingerprint density at radius 1 is 1.61 bits per heavy atom. The molecule has 6 heteroatoms. The molecule has 0 bridgehead atoms. The molecule has 1 aromatic rings. The molecule has 0 fully saturated rings. The zero-order valence-corrected chi connectivity index (χ0v) is 12.8. The summed E-state index contributed by atoms with van der Waals surface area (Å²) in [7, 11) is 1.56. The van der Waals surface area contributed by atoms with Crippen LogP contribution in [0.4, 0.5) is 5.69 Å². The van der Waals surface area contributed by atoms with E-state index >= 15 is 0 Å². The molecule has 1 amide bonds. The van der Waals surface area contributed by atoms with Gasteiger partial charge in [0, 0.05) is 4.47 Å². The highest BCUT2D eigenvalue weighted by Gasteiger charge is 2.15. The van der Waals surface area contributed by atoms with Crippen LogP contribution in [0.25, 0.3) is 0 Å². The number of anilines is 1. The van der Waals surface area contributed by atoms with Gasteiger partial charge >= 0.3 is 0 Å². The third-order valence-electron chi connectivity index (χ3n) is 2.39. The molecule has 3 N–H and O–H groups in total. The van der Waals surface area contributed by atoms with E-state index in [2.05, 4.69) is 21.2 Å². The molecule has 0 radical (unpaired) electrons. The molecule has 1 atom stereocenters. The minimum atomic E-state index is -0.499. The fraction of sp³-hybridized carbons (Fsp3) is 0.417. The van der Waals surface area contributed by atoms with Gasteiger partial charge < -0.3 is 15.8 Å². The predicted octanol–water partition coefficient (Wildman–Crippen LogP) is 2.48. The number of hydrogen-bond acceptors (Lipinski definition) is 4. The first-order valence-electron chi connectivity index (χ1n) is 5.47. The number of amides is 1. The number of hydrogen-bond donors (Lipinski definition) is 2. The Bertz CT molecular complexity index is 415. The summed E-state index contributed by atoms with van der Waals surface area (Å²) in [6, 6.07) is 4.92. The molecule has 1 aromatic carbocycles. The number of benzene rings is 1. The van der Waals surface area contributed by atoms with E-state index in [0.717, 1.165) is 10.2 Å². The van der Waals surface area contributed by atoms with E-state index in [9.17, 15) is 4.79 Å². The molecule has 0 aliphatic heterocycles. The fourth-order valence-electron chi connectivity index (χ4n) is 1.38. The molecule has 100 valence electrons. The summed E-state index contributed by atoms with van der Waals surface area (Å²) in [5.74, 6) is 1.29. The van der Waals surface area contributed by atoms with Gasteiger partial charge in [0.1, 0.15) is 5.75 Å². The molecule has 0 aliphatic carbocycles. The molecule has 0 aromatic heterocycles. The van der Waals surface area contributed by atoms with Gasteiger partial charge in [0.05, 0.1) is 18.8 Å². The van der Waals surface area contributed by atoms with Crippen LogP contribution in [-0.2, 0) is 4.79 Å². The van der Waals surface area contributed by atoms with Gasteiger partial charge in [-0.25, -0.2) is 0 Å². The average molecular weight is 333 g/mol. The Hall–Kier alpha value is -0.720. The first-order valence-corrected chi connectivity index (χ1v) is 7.66. The van der Waals surface area contributed by atoms with Crippen molar-refractivity contribution in [2.45, 2.75) is 12.5 Å². The van der Waals surface area contributed by atoms with Crippen LogP contribution >= 0.6 is 27.7 Å². The molecule has 0 aliphatic rings. The second-order valence-electron chi connectivity index (χ2n) is 3.72. The minimum Gasteiger partial charge on any atom is -0.495 e. The van der Waals surface area contributed by atoms with Crippen molar-refractivity contribution in [1.29, 1.82) is 0 Å². The van der Waals surface area contributed by atoms with Gasteiger partial charge in [0.15, 0.2) is 0 Å². The van der Waals surface area contributed by atoms with Crippen LogP contribution in [0.5, 0.6) is 5.75 Å². The van der Waals surface area contributed by atoms with Gasteiger partial charge in [-0.3, -0.25) is 4.79 Å². The van der Waals surface area contributed by atoms with E-state index in [1.54, 1.807) is 31.0 Å². The topological polar surface area (TPSA) is 64.3 Å². The molecule has 0 saturated heterocycles. The summed E-state index contributed by atoms with van der Waals surface area (Å²) < 4.78 is 6.05. The maximum absolute atomic E-state index is 11.9. The van der Waals surface area contributed by atoms with Gasteiger partial charge in [-0.1, -0.05) is 15.9 Å². The lowest BCUT2D eigenvalue weighted by Crippen LogP contribution is -2.36. The number of thioether (sulfide) groups is 1. The molecular weight excluding hydrogens is 316 g/mol. The maximum Gasteiger partial charge on any atom is 0.241 e. The third-order valence-corrected chi connectivity index (χ3v) is 3.53. The monoisotopic (exact) mass is 332 g/mol. The standard InChI is InChI=1S/C12H17BrN2O2S/c1-17-11-4-3-8(13)7-10(11)15-12(16)9(14)5-6-18-2/h3-4,7,9H,5-6,14H2,1-2H3,(H,15,16)/t9-/m1/s1. The summed E-state index contributed by atoms with van der Waals surface area (Å²) in [4.78, 5) is 11.9. The minimum absolute atomic E-state index is 0.194. The number of carbonyl (C=O) groups is 1. The molecular formula is C12H17BrN2O2S. The van der Waals surface area contributed by atoms with Crippen LogP contribution in [0.15, 0.2) is 22.7 Å². The van der Waals surface area contributed by atoms with Gasteiger partial charge in [0.2, 0.25) is 5.91 Å². The number of nitrogens with one attached hydrogen (secondary N) is 1. The summed E-state index contributed by atoms with van der Waals surface area (Å²) in [6.45, 7) is 0. The number of ether oxygens (including phenoxy) is 1. The predicted molar refractivity (Wildman–Crippen MR) is 80.3 cm³/mol. The van der Waals surface area contributed by atoms with Crippen molar-refractivity contribution in [3.63, 3.8) is 0 Å². The second-order valence-corrected chi connectivity index (χ2v) is 5.62. The van der Waals surface area contributed by atoms with Crippen molar-refractivity contribution in [3.05, 3.63) is 22.7 Å². The van der Waals surface area contributed by atoms with E-state index in [1.165, 1.54) is 0 Å². The van der Waals surface area contributed by atoms with E-state index in [-0.39, 0.29) is 5.91 Å². The van der Waals surface area contributed by atoms with E-state index < -0.39 is 6.04 Å². The quantitative estimate of drug-likeness (QED) is 0.839. The van der Waals surface area contributed by atoms with Gasteiger partial charge in [0.25, 0.3) is 0 Å². The number of methoxy groups -OCH3 is 1. The fourth-order valence-corrected chi connectivity index (χ4v) is 2.23. The molecule has 1 rings (SSSR count). The second kappa shape index (κ2) is 7.66. The summed E-state index contributed by atoms with van der Waals surface area (Å²) in [5, 5.41) is 2.78. The smallest absolute Gasteiger partial charge is 0.241 e. The third kappa shape index (κ3) is 4.51. The highest BCUT2D eigenvalue weighted by molar-refractivity contribution is 9.10. The first-order chi connectivity index (χ1) is 8.58. The van der Waals surface area contributed by atoms with Gasteiger partial charge in [-0.2, -0.15) is 11.8 Å². The van der Waals surface area contributed by atoms with Crippen molar-refractivity contribution in [1.82, 2.24) is 0 Å². The zero-order chi connectivity index (χ0) is 13.5. The Morgan fingerprint density at radius 2 is 2.33 bits per heavy atom.